The molecule has 3 aromatic rings. The van der Waals surface area contributed by atoms with E-state index in [0.29, 0.717) is 36.2 Å². The molecule has 38 heavy (non-hydrogen) atoms. The highest BCUT2D eigenvalue weighted by Gasteiger charge is 2.33. The Balaban J connectivity index is 2.00. The number of amides is 1. The summed E-state index contributed by atoms with van der Waals surface area (Å²) in [6, 6.07) is 5.38. The molecular formula is C24H26F4N6O3S. The summed E-state index contributed by atoms with van der Waals surface area (Å²) in [5.41, 5.74) is 3.84. The molecule has 0 unspecified atom stereocenters. The molecule has 1 amide bonds. The minimum Gasteiger partial charge on any atom is -0.368 e. The van der Waals surface area contributed by atoms with Crippen LogP contribution in [0.5, 0.6) is 0 Å². The lowest BCUT2D eigenvalue weighted by Gasteiger charge is -2.21. The van der Waals surface area contributed by atoms with Crippen LogP contribution in [0.4, 0.5) is 29.2 Å². The highest BCUT2D eigenvalue weighted by molar-refractivity contribution is 7.89. The summed E-state index contributed by atoms with van der Waals surface area (Å²) >= 11 is 0. The van der Waals surface area contributed by atoms with E-state index in [1.165, 1.54) is 25.5 Å². The fourth-order valence-electron chi connectivity index (χ4n) is 3.48. The molecule has 0 aliphatic heterocycles. The van der Waals surface area contributed by atoms with Gasteiger partial charge in [-0.15, -0.1) is 0 Å². The van der Waals surface area contributed by atoms with Crippen LogP contribution in [0, 0.1) is 5.82 Å². The third-order valence-electron chi connectivity index (χ3n) is 5.54. The van der Waals surface area contributed by atoms with Crippen LogP contribution < -0.4 is 11.1 Å². The average Bonchev–Trinajstić information content (AvgIpc) is 2.83. The van der Waals surface area contributed by atoms with Crippen molar-refractivity contribution in [2.45, 2.75) is 17.5 Å². The van der Waals surface area contributed by atoms with Crippen LogP contribution in [0.3, 0.4) is 0 Å². The number of nitrogens with two attached hydrogens (primary N) is 1. The Morgan fingerprint density at radius 1 is 1.00 bits per heavy atom. The van der Waals surface area contributed by atoms with E-state index >= 15 is 0 Å². The maximum atomic E-state index is 14.6. The van der Waals surface area contributed by atoms with Crippen LogP contribution in [0.1, 0.15) is 22.3 Å². The van der Waals surface area contributed by atoms with Gasteiger partial charge in [0.05, 0.1) is 16.8 Å². The number of carbonyl (C=O) groups excluding carboxylic acids is 1. The summed E-state index contributed by atoms with van der Waals surface area (Å²) in [5, 5.41) is 2.16. The number of nitrogen functional groups attached to an aromatic ring is 1. The average molecular weight is 555 g/mol. The molecule has 0 spiro atoms. The van der Waals surface area contributed by atoms with Crippen molar-refractivity contribution in [3.8, 4) is 11.1 Å². The number of anilines is 2. The van der Waals surface area contributed by atoms with Crippen molar-refractivity contribution in [2.75, 3.05) is 45.3 Å². The maximum absolute atomic E-state index is 14.6. The third kappa shape index (κ3) is 6.82. The van der Waals surface area contributed by atoms with E-state index in [2.05, 4.69) is 15.3 Å². The molecule has 9 nitrogen and oxygen atoms in total. The summed E-state index contributed by atoms with van der Waals surface area (Å²) in [6.07, 6.45) is -1.67. The van der Waals surface area contributed by atoms with Crippen LogP contribution in [0.2, 0.25) is 0 Å². The molecule has 0 atom stereocenters. The fraction of sp³-hybridized carbons (Fsp3) is 0.292. The summed E-state index contributed by atoms with van der Waals surface area (Å²) in [5.74, 6) is -2.12. The van der Waals surface area contributed by atoms with Crippen LogP contribution >= 0.6 is 0 Å². The molecule has 2 aromatic carbocycles. The van der Waals surface area contributed by atoms with Crippen molar-refractivity contribution in [1.82, 2.24) is 19.2 Å². The van der Waals surface area contributed by atoms with Gasteiger partial charge in [-0.1, -0.05) is 6.07 Å². The highest BCUT2D eigenvalue weighted by atomic mass is 32.2. The van der Waals surface area contributed by atoms with E-state index < -0.39 is 49.6 Å². The number of sulfonamides is 1. The molecule has 3 N–H and O–H groups in total. The van der Waals surface area contributed by atoms with Gasteiger partial charge in [-0.3, -0.25) is 4.79 Å². The molecule has 0 aliphatic rings. The van der Waals surface area contributed by atoms with Crippen molar-refractivity contribution >= 4 is 27.6 Å². The van der Waals surface area contributed by atoms with Crippen molar-refractivity contribution < 1.29 is 30.8 Å². The topological polar surface area (TPSA) is 122 Å². The zero-order valence-corrected chi connectivity index (χ0v) is 21.6. The van der Waals surface area contributed by atoms with Gasteiger partial charge in [0.25, 0.3) is 5.91 Å². The Bertz CT molecular complexity index is 1410. The lowest BCUT2D eigenvalue weighted by atomic mass is 10.0. The van der Waals surface area contributed by atoms with Crippen molar-refractivity contribution in [1.29, 1.82) is 0 Å². The zero-order chi connectivity index (χ0) is 28.3. The second-order valence-corrected chi connectivity index (χ2v) is 10.7. The van der Waals surface area contributed by atoms with Gasteiger partial charge in [0.15, 0.2) is 0 Å². The lowest BCUT2D eigenvalue weighted by Crippen LogP contribution is -2.31. The third-order valence-corrected chi connectivity index (χ3v) is 7.45. The van der Waals surface area contributed by atoms with E-state index in [4.69, 9.17) is 5.73 Å². The maximum Gasteiger partial charge on any atom is 0.416 e. The van der Waals surface area contributed by atoms with Gasteiger partial charge in [0, 0.05) is 31.5 Å². The minimum atomic E-state index is -4.82. The van der Waals surface area contributed by atoms with Crippen molar-refractivity contribution in [2.24, 2.45) is 0 Å². The predicted octanol–water partition coefficient (Wildman–Crippen LogP) is 3.71. The molecule has 0 saturated heterocycles. The first-order valence-corrected chi connectivity index (χ1v) is 12.6. The SMILES string of the molecule is CN(C)CCCN(C)S(=O)(=O)c1ccc(C(F)(F)F)cc1NC(=O)c1cc(-c2cnc(N)nc2)ccc1F. The summed E-state index contributed by atoms with van der Waals surface area (Å²) in [7, 11) is 0.595. The molecule has 0 bridgehead atoms. The zero-order valence-electron chi connectivity index (χ0n) is 20.8. The second kappa shape index (κ2) is 11.4. The number of alkyl halides is 3. The number of hydrogen-bond acceptors (Lipinski definition) is 7. The largest absolute Gasteiger partial charge is 0.416 e. The van der Waals surface area contributed by atoms with E-state index in [1.807, 2.05) is 19.0 Å². The first-order chi connectivity index (χ1) is 17.7. The monoisotopic (exact) mass is 554 g/mol. The fourth-order valence-corrected chi connectivity index (χ4v) is 4.82. The van der Waals surface area contributed by atoms with Gasteiger partial charge in [-0.25, -0.2) is 27.1 Å². The summed E-state index contributed by atoms with van der Waals surface area (Å²) in [6.45, 7) is 0.653. The van der Waals surface area contributed by atoms with Gasteiger partial charge in [0.2, 0.25) is 16.0 Å². The molecular weight excluding hydrogens is 528 g/mol. The predicted molar refractivity (Wildman–Crippen MR) is 134 cm³/mol. The Hall–Kier alpha value is -3.62. The van der Waals surface area contributed by atoms with E-state index in [-0.39, 0.29) is 12.5 Å². The van der Waals surface area contributed by atoms with Crippen LogP contribution in [0.15, 0.2) is 53.7 Å². The first-order valence-electron chi connectivity index (χ1n) is 11.2. The van der Waals surface area contributed by atoms with E-state index in [1.54, 1.807) is 0 Å². The van der Waals surface area contributed by atoms with Crippen molar-refractivity contribution in [3.63, 3.8) is 0 Å². The lowest BCUT2D eigenvalue weighted by molar-refractivity contribution is -0.137. The number of aromatic nitrogens is 2. The number of carbonyl (C=O) groups is 1. The number of hydrogen-bond donors (Lipinski definition) is 2. The molecule has 1 heterocycles. The number of benzene rings is 2. The van der Waals surface area contributed by atoms with Gasteiger partial charge in [-0.05, 0) is 63.0 Å². The Morgan fingerprint density at radius 2 is 1.66 bits per heavy atom. The number of rotatable bonds is 9. The van der Waals surface area contributed by atoms with Crippen LogP contribution in [-0.2, 0) is 16.2 Å². The molecule has 204 valence electrons. The molecule has 0 fully saturated rings. The molecule has 0 aliphatic carbocycles. The second-order valence-electron chi connectivity index (χ2n) is 8.67. The Labute approximate surface area is 217 Å². The van der Waals surface area contributed by atoms with Crippen molar-refractivity contribution in [3.05, 3.63) is 65.7 Å². The van der Waals surface area contributed by atoms with Crippen LogP contribution in [-0.4, -0.2) is 67.7 Å². The number of halogens is 4. The van der Waals surface area contributed by atoms with Gasteiger partial charge < -0.3 is 16.0 Å². The standard InChI is InChI=1S/C24H26F4N6O3S/c1-33(2)9-4-10-34(3)38(36,37)21-8-6-17(24(26,27)28)12-20(21)32-22(35)18-11-15(5-7-19(18)25)16-13-30-23(29)31-14-16/h5-8,11-14H,4,9-10H2,1-3H3,(H,32,35)(H2,29,30,31). The number of nitrogens with one attached hydrogen (secondary N) is 1. The smallest absolute Gasteiger partial charge is 0.368 e. The Kier molecular flexibility index (Phi) is 8.69. The molecule has 0 radical (unpaired) electrons. The Morgan fingerprint density at radius 3 is 2.26 bits per heavy atom. The van der Waals surface area contributed by atoms with Crippen LogP contribution in [0.25, 0.3) is 11.1 Å². The quantitative estimate of drug-likeness (QED) is 0.387. The normalized spacial score (nSPS) is 12.2. The molecule has 14 heteroatoms. The molecule has 3 rings (SSSR count). The summed E-state index contributed by atoms with van der Waals surface area (Å²) in [4.78, 5) is 22.0. The molecule has 0 saturated carbocycles. The molecule has 1 aromatic heterocycles. The first kappa shape index (κ1) is 28.9. The minimum absolute atomic E-state index is 0.00111. The summed E-state index contributed by atoms with van der Waals surface area (Å²) < 4.78 is 82.3. The van der Waals surface area contributed by atoms with E-state index in [0.717, 1.165) is 22.5 Å². The van der Waals surface area contributed by atoms with E-state index in [9.17, 15) is 30.8 Å². The van der Waals surface area contributed by atoms with Gasteiger partial charge >= 0.3 is 6.18 Å². The van der Waals surface area contributed by atoms with Gasteiger partial charge in [-0.2, -0.15) is 13.2 Å². The highest BCUT2D eigenvalue weighted by Crippen LogP contribution is 2.35. The van der Waals surface area contributed by atoms with Gasteiger partial charge in [0.1, 0.15) is 10.7 Å². The number of nitrogens with zero attached hydrogens (tertiary/aromatic N) is 4.